The second kappa shape index (κ2) is 9.40. The van der Waals surface area contributed by atoms with Gasteiger partial charge in [-0.25, -0.2) is 4.79 Å². The summed E-state index contributed by atoms with van der Waals surface area (Å²) in [7, 11) is 4.70. The van der Waals surface area contributed by atoms with E-state index in [0.29, 0.717) is 45.9 Å². The Bertz CT molecular complexity index is 784. The number of anilines is 1. The summed E-state index contributed by atoms with van der Waals surface area (Å²) in [5.74, 6) is 1.84. The number of urea groups is 1. The third kappa shape index (κ3) is 5.09. The highest BCUT2D eigenvalue weighted by atomic mass is 35.5. The Morgan fingerprint density at radius 2 is 1.62 bits per heavy atom. The zero-order valence-electron chi connectivity index (χ0n) is 14.7. The Labute approximate surface area is 162 Å². The summed E-state index contributed by atoms with van der Waals surface area (Å²) in [5.41, 5.74) is 1.37. The van der Waals surface area contributed by atoms with Crippen molar-refractivity contribution in [1.82, 2.24) is 5.32 Å². The van der Waals surface area contributed by atoms with Gasteiger partial charge in [-0.15, -0.1) is 0 Å². The fourth-order valence-electron chi connectivity index (χ4n) is 2.36. The topological polar surface area (TPSA) is 68.8 Å². The van der Waals surface area contributed by atoms with Gasteiger partial charge in [0.05, 0.1) is 32.0 Å². The SMILES string of the molecule is COc1cc(OC)c(OC)cc1CCNC(=O)Nc1ccc(Cl)cc1Cl. The van der Waals surface area contributed by atoms with E-state index >= 15 is 0 Å². The number of methoxy groups -OCH3 is 3. The van der Waals surface area contributed by atoms with Crippen LogP contribution in [0.5, 0.6) is 17.2 Å². The van der Waals surface area contributed by atoms with Crippen LogP contribution in [0.4, 0.5) is 10.5 Å². The van der Waals surface area contributed by atoms with E-state index in [1.807, 2.05) is 6.07 Å². The van der Waals surface area contributed by atoms with Gasteiger partial charge in [0.1, 0.15) is 5.75 Å². The average molecular weight is 399 g/mol. The lowest BCUT2D eigenvalue weighted by molar-refractivity contribution is 0.252. The van der Waals surface area contributed by atoms with Gasteiger partial charge in [0.2, 0.25) is 0 Å². The summed E-state index contributed by atoms with van der Waals surface area (Å²) in [6.07, 6.45) is 0.547. The quantitative estimate of drug-likeness (QED) is 0.725. The van der Waals surface area contributed by atoms with Gasteiger partial charge >= 0.3 is 6.03 Å². The third-order valence-corrected chi connectivity index (χ3v) is 4.19. The van der Waals surface area contributed by atoms with Gasteiger partial charge in [-0.3, -0.25) is 0 Å². The molecule has 2 N–H and O–H groups in total. The summed E-state index contributed by atoms with van der Waals surface area (Å²) in [6, 6.07) is 8.06. The summed E-state index contributed by atoms with van der Waals surface area (Å²) >= 11 is 11.9. The molecular weight excluding hydrogens is 379 g/mol. The van der Waals surface area contributed by atoms with E-state index < -0.39 is 0 Å². The van der Waals surface area contributed by atoms with Crippen LogP contribution < -0.4 is 24.8 Å². The number of hydrogen-bond acceptors (Lipinski definition) is 4. The van der Waals surface area contributed by atoms with Crippen LogP contribution in [0.25, 0.3) is 0 Å². The number of carbonyl (C=O) groups excluding carboxylic acids is 1. The number of rotatable bonds is 7. The maximum atomic E-state index is 12.0. The van der Waals surface area contributed by atoms with Crippen LogP contribution in [0, 0.1) is 0 Å². The molecule has 8 heteroatoms. The van der Waals surface area contributed by atoms with Crippen LogP contribution in [0.1, 0.15) is 5.56 Å². The highest BCUT2D eigenvalue weighted by Gasteiger charge is 2.12. The van der Waals surface area contributed by atoms with Crippen LogP contribution in [0.2, 0.25) is 10.0 Å². The normalized spacial score (nSPS) is 10.2. The van der Waals surface area contributed by atoms with Crippen molar-refractivity contribution in [3.05, 3.63) is 45.9 Å². The van der Waals surface area contributed by atoms with Crippen LogP contribution >= 0.6 is 23.2 Å². The molecule has 0 unspecified atom stereocenters. The molecule has 0 aliphatic carbocycles. The number of halogens is 2. The molecule has 0 fully saturated rings. The second-order valence-electron chi connectivity index (χ2n) is 5.27. The molecule has 0 saturated carbocycles. The van der Waals surface area contributed by atoms with E-state index in [0.717, 1.165) is 5.56 Å². The maximum absolute atomic E-state index is 12.0. The largest absolute Gasteiger partial charge is 0.496 e. The molecule has 0 aliphatic rings. The molecule has 2 aromatic carbocycles. The van der Waals surface area contributed by atoms with Crippen molar-refractivity contribution in [2.24, 2.45) is 0 Å². The van der Waals surface area contributed by atoms with Gasteiger partial charge < -0.3 is 24.8 Å². The first kappa shape index (κ1) is 20.0. The molecule has 0 aliphatic heterocycles. The minimum atomic E-state index is -0.367. The molecule has 0 bridgehead atoms. The highest BCUT2D eigenvalue weighted by molar-refractivity contribution is 6.36. The lowest BCUT2D eigenvalue weighted by Gasteiger charge is -2.14. The summed E-state index contributed by atoms with van der Waals surface area (Å²) in [6.45, 7) is 0.392. The smallest absolute Gasteiger partial charge is 0.319 e. The molecule has 6 nitrogen and oxygen atoms in total. The van der Waals surface area contributed by atoms with Crippen molar-refractivity contribution in [1.29, 1.82) is 0 Å². The minimum Gasteiger partial charge on any atom is -0.496 e. The highest BCUT2D eigenvalue weighted by Crippen LogP contribution is 2.34. The van der Waals surface area contributed by atoms with Gasteiger partial charge in [-0.05, 0) is 36.2 Å². The standard InChI is InChI=1S/C18H20Cl2N2O4/c1-24-15-10-17(26-3)16(25-2)8-11(15)6-7-21-18(23)22-14-5-4-12(19)9-13(14)20/h4-5,8-10H,6-7H2,1-3H3,(H2,21,22,23). The first-order valence-electron chi connectivity index (χ1n) is 7.77. The summed E-state index contributed by atoms with van der Waals surface area (Å²) in [4.78, 5) is 12.0. The lowest BCUT2D eigenvalue weighted by Crippen LogP contribution is -2.30. The minimum absolute atomic E-state index is 0.367. The van der Waals surface area contributed by atoms with Gasteiger partial charge in [-0.1, -0.05) is 23.2 Å². The van der Waals surface area contributed by atoms with E-state index in [9.17, 15) is 4.79 Å². The third-order valence-electron chi connectivity index (χ3n) is 3.65. The predicted molar refractivity (Wildman–Crippen MR) is 103 cm³/mol. The van der Waals surface area contributed by atoms with Crippen LogP contribution in [-0.2, 0) is 6.42 Å². The van der Waals surface area contributed by atoms with Crippen molar-refractivity contribution < 1.29 is 19.0 Å². The van der Waals surface area contributed by atoms with E-state index in [4.69, 9.17) is 37.4 Å². The molecule has 0 heterocycles. The maximum Gasteiger partial charge on any atom is 0.319 e. The number of benzene rings is 2. The number of ether oxygens (including phenoxy) is 3. The van der Waals surface area contributed by atoms with Crippen molar-refractivity contribution in [3.63, 3.8) is 0 Å². The monoisotopic (exact) mass is 398 g/mol. The van der Waals surface area contributed by atoms with Crippen molar-refractivity contribution in [2.75, 3.05) is 33.2 Å². The fraction of sp³-hybridized carbons (Fsp3) is 0.278. The van der Waals surface area contributed by atoms with Gasteiger partial charge in [0, 0.05) is 17.6 Å². The van der Waals surface area contributed by atoms with E-state index in [-0.39, 0.29) is 6.03 Å². The molecular formula is C18H20Cl2N2O4. The summed E-state index contributed by atoms with van der Waals surface area (Å²) in [5, 5.41) is 6.32. The molecule has 2 amide bonds. The van der Waals surface area contributed by atoms with Crippen LogP contribution in [0.15, 0.2) is 30.3 Å². The van der Waals surface area contributed by atoms with E-state index in [1.54, 1.807) is 45.6 Å². The molecule has 0 radical (unpaired) electrons. The first-order valence-corrected chi connectivity index (χ1v) is 8.52. The van der Waals surface area contributed by atoms with Crippen molar-refractivity contribution in [3.8, 4) is 17.2 Å². The Balaban J connectivity index is 1.97. The molecule has 0 atom stereocenters. The lowest BCUT2D eigenvalue weighted by atomic mass is 10.1. The van der Waals surface area contributed by atoms with Crippen molar-refractivity contribution in [2.45, 2.75) is 6.42 Å². The Kier molecular flexibility index (Phi) is 7.24. The Morgan fingerprint density at radius 3 is 2.23 bits per heavy atom. The van der Waals surface area contributed by atoms with Gasteiger partial charge in [0.15, 0.2) is 11.5 Å². The molecule has 2 aromatic rings. The van der Waals surface area contributed by atoms with E-state index in [1.165, 1.54) is 0 Å². The summed E-state index contributed by atoms with van der Waals surface area (Å²) < 4.78 is 15.9. The van der Waals surface area contributed by atoms with Gasteiger partial charge in [0.25, 0.3) is 0 Å². The number of nitrogens with one attached hydrogen (secondary N) is 2. The molecule has 26 heavy (non-hydrogen) atoms. The van der Waals surface area contributed by atoms with Crippen LogP contribution in [-0.4, -0.2) is 33.9 Å². The first-order chi connectivity index (χ1) is 12.5. The zero-order valence-corrected chi connectivity index (χ0v) is 16.2. The van der Waals surface area contributed by atoms with Crippen LogP contribution in [0.3, 0.4) is 0 Å². The second-order valence-corrected chi connectivity index (χ2v) is 6.12. The fourth-order valence-corrected chi connectivity index (χ4v) is 2.81. The zero-order chi connectivity index (χ0) is 19.1. The predicted octanol–water partition coefficient (Wildman–Crippen LogP) is 4.38. The molecule has 0 spiro atoms. The number of amides is 2. The number of carbonyl (C=O) groups is 1. The Hall–Kier alpha value is -2.31. The number of hydrogen-bond donors (Lipinski definition) is 2. The van der Waals surface area contributed by atoms with Crippen molar-refractivity contribution >= 4 is 34.9 Å². The molecule has 140 valence electrons. The molecule has 0 saturated heterocycles. The molecule has 0 aromatic heterocycles. The van der Waals surface area contributed by atoms with E-state index in [2.05, 4.69) is 10.6 Å². The van der Waals surface area contributed by atoms with Gasteiger partial charge in [-0.2, -0.15) is 0 Å². The molecule has 2 rings (SSSR count). The average Bonchev–Trinajstić information content (AvgIpc) is 2.63. The Morgan fingerprint density at radius 1 is 0.962 bits per heavy atom.